The normalized spacial score (nSPS) is 11.4. The molecule has 0 aromatic carbocycles. The van der Waals surface area contributed by atoms with Crippen molar-refractivity contribution < 1.29 is 0 Å². The van der Waals surface area contributed by atoms with Crippen LogP contribution in [0.15, 0.2) is 24.4 Å². The highest BCUT2D eigenvalue weighted by Gasteiger charge is 2.08. The Bertz CT molecular complexity index is 500. The third kappa shape index (κ3) is 2.52. The minimum atomic E-state index is 0.324. The summed E-state index contributed by atoms with van der Waals surface area (Å²) in [6.07, 6.45) is 1.94. The molecular weight excluding hydrogens is 212 g/mol. The van der Waals surface area contributed by atoms with Gasteiger partial charge >= 0.3 is 0 Å². The predicted molar refractivity (Wildman–Crippen MR) is 67.7 cm³/mol. The van der Waals surface area contributed by atoms with Crippen LogP contribution < -0.4 is 0 Å². The molecule has 2 rings (SSSR count). The van der Waals surface area contributed by atoms with Gasteiger partial charge in [0.25, 0.3) is 0 Å². The first-order valence-electron chi connectivity index (χ1n) is 5.97. The second-order valence-electron chi connectivity index (χ2n) is 4.78. The molecule has 0 radical (unpaired) electrons. The van der Waals surface area contributed by atoms with Gasteiger partial charge in [0.05, 0.1) is 11.9 Å². The van der Waals surface area contributed by atoms with Gasteiger partial charge in [-0.25, -0.2) is 4.68 Å². The van der Waals surface area contributed by atoms with Gasteiger partial charge in [0, 0.05) is 11.7 Å². The molecule has 0 saturated carbocycles. The van der Waals surface area contributed by atoms with Crippen LogP contribution in [0.5, 0.6) is 0 Å². The highest BCUT2D eigenvalue weighted by molar-refractivity contribution is 5.52. The van der Waals surface area contributed by atoms with Crippen LogP contribution in [0.2, 0.25) is 0 Å². The van der Waals surface area contributed by atoms with E-state index in [1.165, 1.54) is 0 Å². The van der Waals surface area contributed by atoms with Gasteiger partial charge in [-0.1, -0.05) is 25.1 Å². The fourth-order valence-electron chi connectivity index (χ4n) is 1.56. The maximum absolute atomic E-state index is 4.60. The predicted octanol–water partition coefficient (Wildman–Crippen LogP) is 3.04. The van der Waals surface area contributed by atoms with Gasteiger partial charge in [-0.3, -0.25) is 4.98 Å². The molecular formula is C13H18N4. The first kappa shape index (κ1) is 11.8. The fourth-order valence-corrected chi connectivity index (χ4v) is 1.56. The van der Waals surface area contributed by atoms with Crippen LogP contribution in [0, 0.1) is 0 Å². The van der Waals surface area contributed by atoms with E-state index in [1.54, 1.807) is 0 Å². The summed E-state index contributed by atoms with van der Waals surface area (Å²) < 4.78 is 1.85. The second kappa shape index (κ2) is 4.65. The number of nitrogens with zero attached hydrogens (tertiary/aromatic N) is 4. The molecule has 17 heavy (non-hydrogen) atoms. The van der Waals surface area contributed by atoms with Gasteiger partial charge in [0.15, 0.2) is 0 Å². The lowest BCUT2D eigenvalue weighted by atomic mass is 10.1. The third-order valence-corrected chi connectivity index (χ3v) is 2.66. The average molecular weight is 230 g/mol. The van der Waals surface area contributed by atoms with Crippen LogP contribution in [0.25, 0.3) is 11.4 Å². The Hall–Kier alpha value is -1.71. The third-order valence-electron chi connectivity index (χ3n) is 2.66. The molecule has 0 saturated heterocycles. The van der Waals surface area contributed by atoms with Crippen LogP contribution >= 0.6 is 0 Å². The van der Waals surface area contributed by atoms with E-state index in [0.717, 1.165) is 17.1 Å². The first-order chi connectivity index (χ1) is 8.08. The topological polar surface area (TPSA) is 43.6 Å². The number of pyridine rings is 1. The Balaban J connectivity index is 2.35. The molecule has 0 fully saturated rings. The number of rotatable bonds is 3. The summed E-state index contributed by atoms with van der Waals surface area (Å²) in [6.45, 7) is 8.43. The standard InChI is InChI=1S/C13H18N4/c1-9(2)11-6-5-7-12(14-11)13-8-17(10(3)4)16-15-13/h5-10H,1-4H3. The van der Waals surface area contributed by atoms with Crippen molar-refractivity contribution in [2.45, 2.75) is 39.7 Å². The highest BCUT2D eigenvalue weighted by Crippen LogP contribution is 2.18. The SMILES string of the molecule is CC(C)c1cccc(-c2cn(C(C)C)nn2)n1. The summed E-state index contributed by atoms with van der Waals surface area (Å²) in [5.74, 6) is 0.426. The monoisotopic (exact) mass is 230 g/mol. The zero-order chi connectivity index (χ0) is 12.4. The fraction of sp³-hybridized carbons (Fsp3) is 0.462. The molecule has 4 heteroatoms. The van der Waals surface area contributed by atoms with Crippen LogP contribution in [-0.4, -0.2) is 20.0 Å². The molecule has 2 aromatic rings. The summed E-state index contributed by atoms with van der Waals surface area (Å²) >= 11 is 0. The lowest BCUT2D eigenvalue weighted by molar-refractivity contribution is 0.514. The summed E-state index contributed by atoms with van der Waals surface area (Å²) in [6, 6.07) is 6.36. The van der Waals surface area contributed by atoms with E-state index in [0.29, 0.717) is 12.0 Å². The van der Waals surface area contributed by atoms with Crippen molar-refractivity contribution in [3.05, 3.63) is 30.1 Å². The largest absolute Gasteiger partial charge is 0.251 e. The van der Waals surface area contributed by atoms with E-state index in [4.69, 9.17) is 0 Å². The molecule has 0 aliphatic carbocycles. The summed E-state index contributed by atoms with van der Waals surface area (Å²) in [5.41, 5.74) is 2.81. The van der Waals surface area contributed by atoms with Gasteiger partial charge in [0.1, 0.15) is 5.69 Å². The van der Waals surface area contributed by atoms with Gasteiger partial charge in [-0.2, -0.15) is 0 Å². The van der Waals surface area contributed by atoms with Crippen molar-refractivity contribution in [3.8, 4) is 11.4 Å². The van der Waals surface area contributed by atoms with Crippen molar-refractivity contribution in [1.29, 1.82) is 0 Å². The minimum Gasteiger partial charge on any atom is -0.251 e. The van der Waals surface area contributed by atoms with Gasteiger partial charge in [-0.15, -0.1) is 5.10 Å². The molecule has 0 amide bonds. The van der Waals surface area contributed by atoms with Crippen molar-refractivity contribution in [1.82, 2.24) is 20.0 Å². The van der Waals surface area contributed by atoms with E-state index < -0.39 is 0 Å². The lowest BCUT2D eigenvalue weighted by Crippen LogP contribution is -2.00. The zero-order valence-electron chi connectivity index (χ0n) is 10.8. The molecule has 0 bridgehead atoms. The van der Waals surface area contributed by atoms with E-state index in [1.807, 2.05) is 29.1 Å². The maximum Gasteiger partial charge on any atom is 0.131 e. The average Bonchev–Trinajstić information content (AvgIpc) is 2.78. The molecule has 4 nitrogen and oxygen atoms in total. The zero-order valence-corrected chi connectivity index (χ0v) is 10.8. The molecule has 0 unspecified atom stereocenters. The van der Waals surface area contributed by atoms with Gasteiger partial charge in [0.2, 0.25) is 0 Å². The molecule has 0 atom stereocenters. The van der Waals surface area contributed by atoms with Crippen LogP contribution in [0.3, 0.4) is 0 Å². The van der Waals surface area contributed by atoms with Crippen LogP contribution in [0.4, 0.5) is 0 Å². The van der Waals surface area contributed by atoms with Crippen molar-refractivity contribution in [3.63, 3.8) is 0 Å². The van der Waals surface area contributed by atoms with Crippen molar-refractivity contribution in [2.24, 2.45) is 0 Å². The first-order valence-corrected chi connectivity index (χ1v) is 5.97. The molecule has 90 valence electrons. The minimum absolute atomic E-state index is 0.324. The van der Waals surface area contributed by atoms with E-state index >= 15 is 0 Å². The van der Waals surface area contributed by atoms with E-state index in [9.17, 15) is 0 Å². The number of aromatic nitrogens is 4. The molecule has 0 spiro atoms. The van der Waals surface area contributed by atoms with Gasteiger partial charge < -0.3 is 0 Å². The van der Waals surface area contributed by atoms with Crippen LogP contribution in [0.1, 0.15) is 45.3 Å². The molecule has 0 aliphatic heterocycles. The maximum atomic E-state index is 4.60. The Kier molecular flexibility index (Phi) is 3.22. The second-order valence-corrected chi connectivity index (χ2v) is 4.78. The Morgan fingerprint density at radius 3 is 2.41 bits per heavy atom. The van der Waals surface area contributed by atoms with E-state index in [-0.39, 0.29) is 0 Å². The summed E-state index contributed by atoms with van der Waals surface area (Å²) in [5, 5.41) is 8.25. The molecule has 2 heterocycles. The number of hydrogen-bond donors (Lipinski definition) is 0. The molecule has 2 aromatic heterocycles. The number of hydrogen-bond acceptors (Lipinski definition) is 3. The van der Waals surface area contributed by atoms with Gasteiger partial charge in [-0.05, 0) is 31.9 Å². The smallest absolute Gasteiger partial charge is 0.131 e. The Morgan fingerprint density at radius 2 is 1.82 bits per heavy atom. The van der Waals surface area contributed by atoms with Crippen molar-refractivity contribution >= 4 is 0 Å². The quantitative estimate of drug-likeness (QED) is 0.814. The van der Waals surface area contributed by atoms with E-state index in [2.05, 4.69) is 43.0 Å². The Labute approximate surface area is 102 Å². The molecule has 0 aliphatic rings. The lowest BCUT2D eigenvalue weighted by Gasteiger charge is -2.05. The molecule has 0 N–H and O–H groups in total. The Morgan fingerprint density at radius 1 is 1.06 bits per heavy atom. The summed E-state index contributed by atoms with van der Waals surface area (Å²) in [7, 11) is 0. The highest BCUT2D eigenvalue weighted by atomic mass is 15.4. The summed E-state index contributed by atoms with van der Waals surface area (Å²) in [4.78, 5) is 4.60. The van der Waals surface area contributed by atoms with Crippen LogP contribution in [-0.2, 0) is 0 Å². The van der Waals surface area contributed by atoms with Crippen molar-refractivity contribution in [2.75, 3.05) is 0 Å².